The minimum Gasteiger partial charge on any atom is -0.355 e. The first-order chi connectivity index (χ1) is 5.70. The molecule has 0 spiro atoms. The van der Waals surface area contributed by atoms with E-state index in [4.69, 9.17) is 0 Å². The topological polar surface area (TPSA) is 29.1 Å². The first kappa shape index (κ1) is 10.8. The number of carbonyl (C=O) groups excluding carboxylic acids is 1. The van der Waals surface area contributed by atoms with E-state index in [1.54, 1.807) is 0 Å². The summed E-state index contributed by atoms with van der Waals surface area (Å²) in [4.78, 5) is 11.4. The van der Waals surface area contributed by atoms with Gasteiger partial charge < -0.3 is 5.32 Å². The summed E-state index contributed by atoms with van der Waals surface area (Å²) in [5.41, 5.74) is 0.458. The molecule has 0 saturated heterocycles. The van der Waals surface area contributed by atoms with Crippen LogP contribution in [0.5, 0.6) is 0 Å². The SMILES string of the molecule is CC1(CNC(=O)C2CCC2)CC1.Cl. The molecule has 2 aliphatic rings. The lowest BCUT2D eigenvalue weighted by Gasteiger charge is -2.24. The number of rotatable bonds is 3. The van der Waals surface area contributed by atoms with Gasteiger partial charge in [-0.15, -0.1) is 12.4 Å². The summed E-state index contributed by atoms with van der Waals surface area (Å²) < 4.78 is 0. The summed E-state index contributed by atoms with van der Waals surface area (Å²) in [6.45, 7) is 3.15. The lowest BCUT2D eigenvalue weighted by Crippen LogP contribution is -2.37. The molecule has 0 unspecified atom stereocenters. The number of nitrogens with one attached hydrogen (secondary N) is 1. The van der Waals surface area contributed by atoms with Crippen LogP contribution in [0.3, 0.4) is 0 Å². The van der Waals surface area contributed by atoms with Crippen molar-refractivity contribution in [3.63, 3.8) is 0 Å². The lowest BCUT2D eigenvalue weighted by atomic mass is 9.85. The van der Waals surface area contributed by atoms with Gasteiger partial charge in [-0.2, -0.15) is 0 Å². The average molecular weight is 204 g/mol. The third-order valence-electron chi connectivity index (χ3n) is 3.27. The molecule has 2 nitrogen and oxygen atoms in total. The zero-order valence-electron chi connectivity index (χ0n) is 8.14. The molecule has 2 rings (SSSR count). The van der Waals surface area contributed by atoms with Crippen molar-refractivity contribution < 1.29 is 4.79 Å². The average Bonchev–Trinajstić information content (AvgIpc) is 2.62. The normalized spacial score (nSPS) is 24.1. The van der Waals surface area contributed by atoms with Gasteiger partial charge >= 0.3 is 0 Å². The van der Waals surface area contributed by atoms with E-state index >= 15 is 0 Å². The molecule has 2 fully saturated rings. The molecular weight excluding hydrogens is 186 g/mol. The molecule has 2 saturated carbocycles. The first-order valence-corrected chi connectivity index (χ1v) is 4.97. The van der Waals surface area contributed by atoms with Crippen molar-refractivity contribution in [2.24, 2.45) is 11.3 Å². The van der Waals surface area contributed by atoms with Crippen LogP contribution in [0.4, 0.5) is 0 Å². The van der Waals surface area contributed by atoms with Gasteiger partial charge in [-0.05, 0) is 31.1 Å². The van der Waals surface area contributed by atoms with Crippen LogP contribution in [0.1, 0.15) is 39.0 Å². The van der Waals surface area contributed by atoms with Crippen molar-refractivity contribution in [1.29, 1.82) is 0 Å². The number of halogens is 1. The van der Waals surface area contributed by atoms with Crippen molar-refractivity contribution in [2.75, 3.05) is 6.54 Å². The van der Waals surface area contributed by atoms with E-state index in [0.717, 1.165) is 19.4 Å². The predicted molar refractivity (Wildman–Crippen MR) is 54.9 cm³/mol. The Morgan fingerprint density at radius 1 is 1.46 bits per heavy atom. The van der Waals surface area contributed by atoms with E-state index in [1.165, 1.54) is 19.3 Å². The summed E-state index contributed by atoms with van der Waals surface area (Å²) in [5.74, 6) is 0.654. The zero-order chi connectivity index (χ0) is 8.60. The Morgan fingerprint density at radius 3 is 2.46 bits per heavy atom. The number of carbonyl (C=O) groups is 1. The highest BCUT2D eigenvalue weighted by molar-refractivity contribution is 5.85. The molecule has 13 heavy (non-hydrogen) atoms. The second-order valence-corrected chi connectivity index (χ2v) is 4.66. The highest BCUT2D eigenvalue weighted by atomic mass is 35.5. The smallest absolute Gasteiger partial charge is 0.223 e. The van der Waals surface area contributed by atoms with Crippen LogP contribution in [0, 0.1) is 11.3 Å². The zero-order valence-corrected chi connectivity index (χ0v) is 8.95. The Hall–Kier alpha value is -0.240. The molecule has 0 bridgehead atoms. The van der Waals surface area contributed by atoms with Gasteiger partial charge in [0.1, 0.15) is 0 Å². The van der Waals surface area contributed by atoms with Gasteiger partial charge in [-0.25, -0.2) is 0 Å². The molecule has 0 atom stereocenters. The van der Waals surface area contributed by atoms with Gasteiger partial charge in [0.25, 0.3) is 0 Å². The van der Waals surface area contributed by atoms with Crippen LogP contribution >= 0.6 is 12.4 Å². The van der Waals surface area contributed by atoms with Crippen LogP contribution < -0.4 is 5.32 Å². The standard InChI is InChI=1S/C10H17NO.ClH/c1-10(5-6-10)7-11-9(12)8-3-2-4-8;/h8H,2-7H2,1H3,(H,11,12);1H. The van der Waals surface area contributed by atoms with Crippen molar-refractivity contribution in [3.05, 3.63) is 0 Å². The maximum absolute atomic E-state index is 11.4. The van der Waals surface area contributed by atoms with Gasteiger partial charge in [0.05, 0.1) is 0 Å². The van der Waals surface area contributed by atoms with E-state index in [2.05, 4.69) is 12.2 Å². The molecule has 0 radical (unpaired) electrons. The van der Waals surface area contributed by atoms with Crippen molar-refractivity contribution in [1.82, 2.24) is 5.32 Å². The third kappa shape index (κ3) is 2.60. The second kappa shape index (κ2) is 3.87. The number of hydrogen-bond donors (Lipinski definition) is 1. The summed E-state index contributed by atoms with van der Waals surface area (Å²) in [7, 11) is 0. The van der Waals surface area contributed by atoms with Crippen LogP contribution in [0.15, 0.2) is 0 Å². The molecule has 0 aromatic carbocycles. The molecule has 0 aromatic heterocycles. The van der Waals surface area contributed by atoms with E-state index in [0.29, 0.717) is 17.2 Å². The van der Waals surface area contributed by atoms with Gasteiger partial charge in [0.15, 0.2) is 0 Å². The fourth-order valence-corrected chi connectivity index (χ4v) is 1.51. The Balaban J connectivity index is 0.000000845. The fraction of sp³-hybridized carbons (Fsp3) is 0.900. The highest BCUT2D eigenvalue weighted by Crippen LogP contribution is 2.44. The molecule has 0 heterocycles. The monoisotopic (exact) mass is 203 g/mol. The van der Waals surface area contributed by atoms with E-state index in [-0.39, 0.29) is 12.4 Å². The molecule has 2 aliphatic carbocycles. The first-order valence-electron chi connectivity index (χ1n) is 4.97. The highest BCUT2D eigenvalue weighted by Gasteiger charge is 2.38. The van der Waals surface area contributed by atoms with Crippen molar-refractivity contribution in [2.45, 2.75) is 39.0 Å². The Bertz CT molecular complexity index is 197. The van der Waals surface area contributed by atoms with Crippen LogP contribution in [-0.4, -0.2) is 12.5 Å². The summed E-state index contributed by atoms with van der Waals surface area (Å²) in [6.07, 6.45) is 6.05. The second-order valence-electron chi connectivity index (χ2n) is 4.66. The molecule has 76 valence electrons. The quantitative estimate of drug-likeness (QED) is 0.748. The summed E-state index contributed by atoms with van der Waals surface area (Å²) in [6, 6.07) is 0. The van der Waals surface area contributed by atoms with Crippen molar-refractivity contribution in [3.8, 4) is 0 Å². The van der Waals surface area contributed by atoms with Gasteiger partial charge in [-0.3, -0.25) is 4.79 Å². The van der Waals surface area contributed by atoms with Crippen LogP contribution in [0.25, 0.3) is 0 Å². The van der Waals surface area contributed by atoms with Gasteiger partial charge in [0, 0.05) is 12.5 Å². The summed E-state index contributed by atoms with van der Waals surface area (Å²) in [5, 5.41) is 3.05. The number of amides is 1. The van der Waals surface area contributed by atoms with Crippen LogP contribution in [0.2, 0.25) is 0 Å². The predicted octanol–water partition coefficient (Wildman–Crippen LogP) is 2.12. The molecule has 0 aromatic rings. The summed E-state index contributed by atoms with van der Waals surface area (Å²) >= 11 is 0. The van der Waals surface area contributed by atoms with Crippen LogP contribution in [-0.2, 0) is 4.79 Å². The third-order valence-corrected chi connectivity index (χ3v) is 3.27. The molecule has 1 amide bonds. The maximum atomic E-state index is 11.4. The van der Waals surface area contributed by atoms with E-state index in [9.17, 15) is 4.79 Å². The molecule has 3 heteroatoms. The fourth-order valence-electron chi connectivity index (χ4n) is 1.51. The Labute approximate surface area is 85.9 Å². The lowest BCUT2D eigenvalue weighted by molar-refractivity contribution is -0.127. The molecule has 0 aliphatic heterocycles. The van der Waals surface area contributed by atoms with Gasteiger partial charge in [-0.1, -0.05) is 13.3 Å². The van der Waals surface area contributed by atoms with E-state index < -0.39 is 0 Å². The van der Waals surface area contributed by atoms with Gasteiger partial charge in [0.2, 0.25) is 5.91 Å². The van der Waals surface area contributed by atoms with Crippen molar-refractivity contribution >= 4 is 18.3 Å². The molecular formula is C10H18ClNO. The minimum absolute atomic E-state index is 0. The maximum Gasteiger partial charge on any atom is 0.223 e. The minimum atomic E-state index is 0. The molecule has 1 N–H and O–H groups in total. The number of hydrogen-bond acceptors (Lipinski definition) is 1. The van der Waals surface area contributed by atoms with E-state index in [1.807, 2.05) is 0 Å². The Morgan fingerprint density at radius 2 is 2.08 bits per heavy atom. The Kier molecular flexibility index (Phi) is 3.23. The largest absolute Gasteiger partial charge is 0.355 e.